The largest absolute Gasteiger partial charge is 0.316 e. The van der Waals surface area contributed by atoms with Crippen LogP contribution in [0.5, 0.6) is 0 Å². The highest BCUT2D eigenvalue weighted by molar-refractivity contribution is 5.94. The molecule has 0 atom stereocenters. The molecule has 4 heteroatoms. The second kappa shape index (κ2) is 4.57. The fourth-order valence-corrected chi connectivity index (χ4v) is 1.82. The summed E-state index contributed by atoms with van der Waals surface area (Å²) in [5.74, 6) is 0.759. The molecule has 0 aliphatic carbocycles. The van der Waals surface area contributed by atoms with Gasteiger partial charge in [-0.15, -0.1) is 0 Å². The predicted molar refractivity (Wildman–Crippen MR) is 57.8 cm³/mol. The molecule has 0 aromatic carbocycles. The van der Waals surface area contributed by atoms with E-state index >= 15 is 0 Å². The second-order valence-corrected chi connectivity index (χ2v) is 4.09. The molecular formula is C11H17N3O. The van der Waals surface area contributed by atoms with Crippen molar-refractivity contribution in [2.24, 2.45) is 5.92 Å². The molecule has 1 aromatic heterocycles. The van der Waals surface area contributed by atoms with Crippen LogP contribution in [-0.2, 0) is 6.54 Å². The van der Waals surface area contributed by atoms with Crippen LogP contribution in [0.2, 0.25) is 0 Å². The first-order valence-electron chi connectivity index (χ1n) is 5.57. The van der Waals surface area contributed by atoms with Crippen molar-refractivity contribution in [2.75, 3.05) is 13.1 Å². The number of nitrogens with zero attached hydrogens (tertiary/aromatic N) is 2. The van der Waals surface area contributed by atoms with E-state index in [0.29, 0.717) is 12.3 Å². The molecule has 1 aliphatic rings. The quantitative estimate of drug-likeness (QED) is 0.735. The molecule has 1 saturated heterocycles. The van der Waals surface area contributed by atoms with Gasteiger partial charge in [0.1, 0.15) is 5.69 Å². The van der Waals surface area contributed by atoms with E-state index in [1.807, 2.05) is 10.7 Å². The van der Waals surface area contributed by atoms with Gasteiger partial charge in [-0.3, -0.25) is 9.48 Å². The lowest BCUT2D eigenvalue weighted by Crippen LogP contribution is -2.43. The zero-order valence-electron chi connectivity index (χ0n) is 9.07. The van der Waals surface area contributed by atoms with Crippen LogP contribution in [0.3, 0.4) is 0 Å². The van der Waals surface area contributed by atoms with Crippen LogP contribution >= 0.6 is 0 Å². The zero-order chi connectivity index (χ0) is 10.7. The summed E-state index contributed by atoms with van der Waals surface area (Å²) in [5.41, 5.74) is 0.767. The first kappa shape index (κ1) is 10.4. The Labute approximate surface area is 89.7 Å². The minimum atomic E-state index is 0.229. The molecule has 1 fully saturated rings. The van der Waals surface area contributed by atoms with Crippen LogP contribution in [-0.4, -0.2) is 28.7 Å². The molecule has 4 nitrogen and oxygen atoms in total. The summed E-state index contributed by atoms with van der Waals surface area (Å²) in [6, 6.07) is 1.82. The van der Waals surface area contributed by atoms with E-state index < -0.39 is 0 Å². The number of carbonyl (C=O) groups is 1. The molecule has 15 heavy (non-hydrogen) atoms. The summed E-state index contributed by atoms with van der Waals surface area (Å²) < 4.78 is 1.81. The summed E-state index contributed by atoms with van der Waals surface area (Å²) in [6.07, 6.45) is 3.37. The summed E-state index contributed by atoms with van der Waals surface area (Å²) in [6.45, 7) is 4.88. The van der Waals surface area contributed by atoms with E-state index in [4.69, 9.17) is 0 Å². The highest BCUT2D eigenvalue weighted by Crippen LogP contribution is 2.13. The normalized spacial score (nSPS) is 16.3. The van der Waals surface area contributed by atoms with Gasteiger partial charge in [0.25, 0.3) is 0 Å². The predicted octanol–water partition coefficient (Wildman–Crippen LogP) is 1.09. The number of hydrogen-bond donors (Lipinski definition) is 1. The first-order chi connectivity index (χ1) is 7.31. The van der Waals surface area contributed by atoms with Gasteiger partial charge in [-0.25, -0.2) is 0 Å². The molecule has 0 radical (unpaired) electrons. The highest BCUT2D eigenvalue weighted by atomic mass is 16.1. The average molecular weight is 207 g/mol. The Morgan fingerprint density at radius 2 is 2.47 bits per heavy atom. The van der Waals surface area contributed by atoms with E-state index in [1.54, 1.807) is 6.20 Å². The molecule has 1 aliphatic heterocycles. The molecule has 0 unspecified atom stereocenters. The Morgan fingerprint density at radius 3 is 3.07 bits per heavy atom. The van der Waals surface area contributed by atoms with Crippen LogP contribution in [0.15, 0.2) is 12.3 Å². The fourth-order valence-electron chi connectivity index (χ4n) is 1.82. The van der Waals surface area contributed by atoms with Crippen LogP contribution in [0.4, 0.5) is 0 Å². The van der Waals surface area contributed by atoms with Crippen molar-refractivity contribution < 1.29 is 4.79 Å². The van der Waals surface area contributed by atoms with E-state index in [0.717, 1.165) is 31.7 Å². The van der Waals surface area contributed by atoms with Crippen LogP contribution in [0, 0.1) is 5.92 Å². The molecule has 0 bridgehead atoms. The Kier molecular flexibility index (Phi) is 3.16. The molecule has 2 heterocycles. The van der Waals surface area contributed by atoms with Gasteiger partial charge in [-0.2, -0.15) is 5.10 Å². The third-order valence-corrected chi connectivity index (χ3v) is 2.78. The van der Waals surface area contributed by atoms with Crippen molar-refractivity contribution in [3.8, 4) is 0 Å². The van der Waals surface area contributed by atoms with Crippen molar-refractivity contribution >= 4 is 5.78 Å². The van der Waals surface area contributed by atoms with E-state index in [9.17, 15) is 4.79 Å². The summed E-state index contributed by atoms with van der Waals surface area (Å²) in [4.78, 5) is 11.9. The number of Topliss-reactive ketones (excluding diaryl/α,β-unsaturated/α-hetero) is 1. The lowest BCUT2D eigenvalue weighted by Gasteiger charge is -2.26. The van der Waals surface area contributed by atoms with Gasteiger partial charge >= 0.3 is 0 Å². The number of nitrogens with one attached hydrogen (secondary N) is 1. The van der Waals surface area contributed by atoms with Crippen molar-refractivity contribution in [3.05, 3.63) is 18.0 Å². The Balaban J connectivity index is 2.00. The van der Waals surface area contributed by atoms with Gasteiger partial charge < -0.3 is 5.32 Å². The fraction of sp³-hybridized carbons (Fsp3) is 0.636. The molecule has 0 spiro atoms. The third-order valence-electron chi connectivity index (χ3n) is 2.78. The maximum Gasteiger partial charge on any atom is 0.181 e. The van der Waals surface area contributed by atoms with E-state index in [1.165, 1.54) is 0 Å². The maximum atomic E-state index is 11.9. The standard InChI is InChI=1S/C11H17N3O/c1-2-5-14-10(3-4-13-14)11(15)6-9-7-12-8-9/h3-4,9,12H,2,5-8H2,1H3. The monoisotopic (exact) mass is 207 g/mol. The van der Waals surface area contributed by atoms with Gasteiger partial charge in [-0.05, 0) is 31.5 Å². The summed E-state index contributed by atoms with van der Waals surface area (Å²) in [7, 11) is 0. The molecule has 0 amide bonds. The summed E-state index contributed by atoms with van der Waals surface area (Å²) in [5, 5.41) is 7.34. The van der Waals surface area contributed by atoms with Crippen molar-refractivity contribution in [1.82, 2.24) is 15.1 Å². The molecule has 1 aromatic rings. The molecule has 2 rings (SSSR count). The Bertz CT molecular complexity index is 341. The molecule has 0 saturated carbocycles. The van der Waals surface area contributed by atoms with Gasteiger partial charge in [0.15, 0.2) is 5.78 Å². The number of aryl methyl sites for hydroxylation is 1. The van der Waals surface area contributed by atoms with Gasteiger partial charge in [0, 0.05) is 19.2 Å². The van der Waals surface area contributed by atoms with Gasteiger partial charge in [0.05, 0.1) is 0 Å². The topological polar surface area (TPSA) is 46.9 Å². The molecule has 1 N–H and O–H groups in total. The van der Waals surface area contributed by atoms with Crippen molar-refractivity contribution in [2.45, 2.75) is 26.3 Å². The third kappa shape index (κ3) is 2.26. The van der Waals surface area contributed by atoms with Gasteiger partial charge in [0.2, 0.25) is 0 Å². The second-order valence-electron chi connectivity index (χ2n) is 4.09. The average Bonchev–Trinajstić information content (AvgIpc) is 2.60. The number of hydrogen-bond acceptors (Lipinski definition) is 3. The van der Waals surface area contributed by atoms with Gasteiger partial charge in [-0.1, -0.05) is 6.92 Å². The summed E-state index contributed by atoms with van der Waals surface area (Å²) >= 11 is 0. The van der Waals surface area contributed by atoms with Crippen LogP contribution < -0.4 is 5.32 Å². The van der Waals surface area contributed by atoms with Crippen molar-refractivity contribution in [1.29, 1.82) is 0 Å². The maximum absolute atomic E-state index is 11.9. The zero-order valence-corrected chi connectivity index (χ0v) is 9.07. The van der Waals surface area contributed by atoms with Crippen LogP contribution in [0.25, 0.3) is 0 Å². The first-order valence-corrected chi connectivity index (χ1v) is 5.57. The number of ketones is 1. The molecule has 82 valence electrons. The lowest BCUT2D eigenvalue weighted by molar-refractivity contribution is 0.0934. The lowest BCUT2D eigenvalue weighted by atomic mass is 9.96. The minimum absolute atomic E-state index is 0.229. The van der Waals surface area contributed by atoms with E-state index in [2.05, 4.69) is 17.3 Å². The van der Waals surface area contributed by atoms with Crippen molar-refractivity contribution in [3.63, 3.8) is 0 Å². The number of rotatable bonds is 5. The molecular weight excluding hydrogens is 190 g/mol. The Hall–Kier alpha value is -1.16. The smallest absolute Gasteiger partial charge is 0.181 e. The minimum Gasteiger partial charge on any atom is -0.316 e. The number of carbonyl (C=O) groups excluding carboxylic acids is 1. The van der Waals surface area contributed by atoms with Crippen LogP contribution in [0.1, 0.15) is 30.3 Å². The van der Waals surface area contributed by atoms with E-state index in [-0.39, 0.29) is 5.78 Å². The Morgan fingerprint density at radius 1 is 1.67 bits per heavy atom. The highest BCUT2D eigenvalue weighted by Gasteiger charge is 2.22. The SMILES string of the molecule is CCCn1nccc1C(=O)CC1CNC1. The number of aromatic nitrogens is 2.